The molecule has 0 aliphatic heterocycles. The van der Waals surface area contributed by atoms with E-state index in [9.17, 15) is 9.90 Å². The number of hydrogen-bond acceptors (Lipinski definition) is 3. The number of aliphatic carboxylic acids is 1. The molecule has 4 nitrogen and oxygen atoms in total. The topological polar surface area (TPSA) is 58.6 Å². The predicted molar refractivity (Wildman–Crippen MR) is 95.3 cm³/mol. The molecule has 0 aromatic heterocycles. The van der Waals surface area contributed by atoms with Crippen molar-refractivity contribution < 1.29 is 14.6 Å². The molecule has 0 aliphatic carbocycles. The lowest BCUT2D eigenvalue weighted by molar-refractivity contribution is -0.140. The van der Waals surface area contributed by atoms with Gasteiger partial charge in [-0.25, -0.2) is 0 Å². The molecule has 0 heterocycles. The van der Waals surface area contributed by atoms with Crippen molar-refractivity contribution in [1.29, 1.82) is 0 Å². The highest BCUT2D eigenvalue weighted by Crippen LogP contribution is 2.26. The number of nitrogens with one attached hydrogen (secondary N) is 1. The van der Waals surface area contributed by atoms with Gasteiger partial charge in [0, 0.05) is 6.54 Å². The van der Waals surface area contributed by atoms with Crippen molar-refractivity contribution in [3.05, 3.63) is 64.7 Å². The second-order valence-corrected chi connectivity index (χ2v) is 6.39. The van der Waals surface area contributed by atoms with E-state index < -0.39 is 12.0 Å². The second kappa shape index (κ2) is 8.71. The first-order valence-electron chi connectivity index (χ1n) is 7.88. The van der Waals surface area contributed by atoms with Gasteiger partial charge in [0.15, 0.2) is 0 Å². The van der Waals surface area contributed by atoms with Crippen LogP contribution in [0, 0.1) is 5.92 Å². The average Bonchev–Trinajstić information content (AvgIpc) is 2.54. The highest BCUT2D eigenvalue weighted by atomic mass is 35.5. The maximum atomic E-state index is 11.2. The molecule has 0 fully saturated rings. The van der Waals surface area contributed by atoms with E-state index in [0.717, 1.165) is 11.1 Å². The standard InChI is InChI=1S/C19H22ClNO3/c1-13(2)18(19(22)23)21-11-15-8-9-17(16(20)10-15)24-12-14-6-4-3-5-7-14/h3-10,13,18,21H,11-12H2,1-2H3,(H,22,23). The number of hydrogen-bond donors (Lipinski definition) is 2. The summed E-state index contributed by atoms with van der Waals surface area (Å²) in [4.78, 5) is 11.2. The smallest absolute Gasteiger partial charge is 0.320 e. The SMILES string of the molecule is CC(C)C(NCc1ccc(OCc2ccccc2)c(Cl)c1)C(=O)O. The van der Waals surface area contributed by atoms with E-state index in [1.54, 1.807) is 6.07 Å². The van der Waals surface area contributed by atoms with Crippen molar-refractivity contribution in [2.24, 2.45) is 5.92 Å². The lowest BCUT2D eigenvalue weighted by Crippen LogP contribution is -2.40. The summed E-state index contributed by atoms with van der Waals surface area (Å²) in [7, 11) is 0. The van der Waals surface area contributed by atoms with Crippen LogP contribution in [-0.4, -0.2) is 17.1 Å². The molecule has 1 atom stereocenters. The van der Waals surface area contributed by atoms with Gasteiger partial charge in [0.05, 0.1) is 5.02 Å². The lowest BCUT2D eigenvalue weighted by Gasteiger charge is -2.18. The van der Waals surface area contributed by atoms with E-state index in [0.29, 0.717) is 23.9 Å². The van der Waals surface area contributed by atoms with Crippen LogP contribution in [-0.2, 0) is 17.9 Å². The van der Waals surface area contributed by atoms with Crippen LogP contribution < -0.4 is 10.1 Å². The summed E-state index contributed by atoms with van der Waals surface area (Å²) < 4.78 is 5.73. The molecular weight excluding hydrogens is 326 g/mol. The molecule has 128 valence electrons. The van der Waals surface area contributed by atoms with Crippen LogP contribution in [0.2, 0.25) is 5.02 Å². The minimum absolute atomic E-state index is 0.00597. The molecule has 2 N–H and O–H groups in total. The van der Waals surface area contributed by atoms with E-state index in [4.69, 9.17) is 16.3 Å². The molecule has 0 spiro atoms. The fraction of sp³-hybridized carbons (Fsp3) is 0.316. The number of carboxylic acids is 1. The summed E-state index contributed by atoms with van der Waals surface area (Å²) in [5, 5.41) is 12.7. The molecule has 0 saturated heterocycles. The van der Waals surface area contributed by atoms with Crippen molar-refractivity contribution in [2.75, 3.05) is 0 Å². The zero-order valence-corrected chi connectivity index (χ0v) is 14.6. The van der Waals surface area contributed by atoms with Gasteiger partial charge in [0.25, 0.3) is 0 Å². The summed E-state index contributed by atoms with van der Waals surface area (Å²) in [6.07, 6.45) is 0. The number of rotatable bonds is 8. The third kappa shape index (κ3) is 5.25. The molecule has 0 amide bonds. The van der Waals surface area contributed by atoms with Crippen LogP contribution in [0.3, 0.4) is 0 Å². The van der Waals surface area contributed by atoms with Crippen molar-refractivity contribution >= 4 is 17.6 Å². The normalized spacial score (nSPS) is 12.2. The van der Waals surface area contributed by atoms with Gasteiger partial charge in [-0.2, -0.15) is 0 Å². The van der Waals surface area contributed by atoms with Gasteiger partial charge >= 0.3 is 5.97 Å². The summed E-state index contributed by atoms with van der Waals surface area (Å²) in [5.74, 6) is -0.228. The number of halogens is 1. The van der Waals surface area contributed by atoms with Crippen molar-refractivity contribution in [3.63, 3.8) is 0 Å². The molecule has 5 heteroatoms. The van der Waals surface area contributed by atoms with Crippen molar-refractivity contribution in [3.8, 4) is 5.75 Å². The minimum atomic E-state index is -0.848. The fourth-order valence-corrected chi connectivity index (χ4v) is 2.60. The van der Waals surface area contributed by atoms with E-state index in [-0.39, 0.29) is 5.92 Å². The molecule has 1 unspecified atom stereocenters. The number of ether oxygens (including phenoxy) is 1. The Morgan fingerprint density at radius 1 is 1.17 bits per heavy atom. The van der Waals surface area contributed by atoms with Crippen molar-refractivity contribution in [2.45, 2.75) is 33.0 Å². The van der Waals surface area contributed by atoms with Crippen LogP contribution >= 0.6 is 11.6 Å². The molecular formula is C19H22ClNO3. The van der Waals surface area contributed by atoms with Gasteiger partial charge in [-0.3, -0.25) is 4.79 Å². The zero-order valence-electron chi connectivity index (χ0n) is 13.8. The quantitative estimate of drug-likeness (QED) is 0.754. The third-order valence-electron chi connectivity index (χ3n) is 3.69. The number of carbonyl (C=O) groups is 1. The highest BCUT2D eigenvalue weighted by Gasteiger charge is 2.20. The van der Waals surface area contributed by atoms with Crippen LogP contribution in [0.4, 0.5) is 0 Å². The molecule has 24 heavy (non-hydrogen) atoms. The summed E-state index contributed by atoms with van der Waals surface area (Å²) in [6, 6.07) is 14.8. The summed E-state index contributed by atoms with van der Waals surface area (Å²) >= 11 is 6.27. The molecule has 2 rings (SSSR count). The van der Waals surface area contributed by atoms with Crippen LogP contribution in [0.15, 0.2) is 48.5 Å². The first-order chi connectivity index (χ1) is 11.5. The Hall–Kier alpha value is -2.04. The maximum Gasteiger partial charge on any atom is 0.320 e. The minimum Gasteiger partial charge on any atom is -0.487 e. The molecule has 0 saturated carbocycles. The van der Waals surface area contributed by atoms with Gasteiger partial charge in [0.2, 0.25) is 0 Å². The predicted octanol–water partition coefficient (Wildman–Crippen LogP) is 4.12. The zero-order chi connectivity index (χ0) is 17.5. The number of carboxylic acid groups (broad SMARTS) is 1. The highest BCUT2D eigenvalue weighted by molar-refractivity contribution is 6.32. The van der Waals surface area contributed by atoms with E-state index >= 15 is 0 Å². The van der Waals surface area contributed by atoms with Crippen LogP contribution in [0.1, 0.15) is 25.0 Å². The number of benzene rings is 2. The van der Waals surface area contributed by atoms with Gasteiger partial charge in [0.1, 0.15) is 18.4 Å². The van der Waals surface area contributed by atoms with Crippen LogP contribution in [0.5, 0.6) is 5.75 Å². The Morgan fingerprint density at radius 3 is 2.46 bits per heavy atom. The van der Waals surface area contributed by atoms with Gasteiger partial charge in [-0.05, 0) is 29.2 Å². The molecule has 0 aliphatic rings. The Labute approximate surface area is 147 Å². The van der Waals surface area contributed by atoms with Gasteiger partial charge < -0.3 is 15.2 Å². The Bertz CT molecular complexity index is 674. The molecule has 2 aromatic carbocycles. The van der Waals surface area contributed by atoms with E-state index in [1.807, 2.05) is 56.3 Å². The van der Waals surface area contributed by atoms with Crippen molar-refractivity contribution in [1.82, 2.24) is 5.32 Å². The first-order valence-corrected chi connectivity index (χ1v) is 8.26. The Morgan fingerprint density at radius 2 is 1.88 bits per heavy atom. The molecule has 2 aromatic rings. The summed E-state index contributed by atoms with van der Waals surface area (Å²) in [5.41, 5.74) is 1.99. The monoisotopic (exact) mass is 347 g/mol. The van der Waals surface area contributed by atoms with E-state index in [1.165, 1.54) is 0 Å². The fourth-order valence-electron chi connectivity index (χ4n) is 2.34. The molecule has 0 bridgehead atoms. The largest absolute Gasteiger partial charge is 0.487 e. The maximum absolute atomic E-state index is 11.2. The average molecular weight is 348 g/mol. The summed E-state index contributed by atoms with van der Waals surface area (Å²) in [6.45, 7) is 4.64. The molecule has 0 radical (unpaired) electrons. The van der Waals surface area contributed by atoms with Gasteiger partial charge in [-0.1, -0.05) is 61.8 Å². The van der Waals surface area contributed by atoms with Crippen LogP contribution in [0.25, 0.3) is 0 Å². The lowest BCUT2D eigenvalue weighted by atomic mass is 10.0. The van der Waals surface area contributed by atoms with Gasteiger partial charge in [-0.15, -0.1) is 0 Å². The Balaban J connectivity index is 1.95. The Kier molecular flexibility index (Phi) is 6.64. The first kappa shape index (κ1) is 18.3. The van der Waals surface area contributed by atoms with E-state index in [2.05, 4.69) is 5.32 Å². The third-order valence-corrected chi connectivity index (χ3v) is 3.99. The second-order valence-electron chi connectivity index (χ2n) is 5.98.